The number of hydrogen-bond donors (Lipinski definition) is 1. The van der Waals surface area contributed by atoms with E-state index in [-0.39, 0.29) is 0 Å². The summed E-state index contributed by atoms with van der Waals surface area (Å²) in [6, 6.07) is 2.18. The van der Waals surface area contributed by atoms with Crippen molar-refractivity contribution in [2.24, 2.45) is 5.92 Å². The minimum atomic E-state index is -3.59. The van der Waals surface area contributed by atoms with E-state index in [0.717, 1.165) is 12.8 Å². The Morgan fingerprint density at radius 1 is 1.32 bits per heavy atom. The van der Waals surface area contributed by atoms with Gasteiger partial charge >= 0.3 is 0 Å². The number of rotatable bonds is 3. The van der Waals surface area contributed by atoms with E-state index in [9.17, 15) is 13.7 Å². The van der Waals surface area contributed by atoms with Gasteiger partial charge in [-0.05, 0) is 31.6 Å². The molecule has 0 aromatic carbocycles. The molecular formula is C12H21N3O3S. The minimum absolute atomic E-state index is 0.354. The van der Waals surface area contributed by atoms with E-state index < -0.39 is 15.7 Å². The summed E-state index contributed by atoms with van der Waals surface area (Å²) in [5.74, 6) is 0.564. The third-order valence-electron chi connectivity index (χ3n) is 3.98. The van der Waals surface area contributed by atoms with Crippen molar-refractivity contribution in [1.82, 2.24) is 9.03 Å². The average Bonchev–Trinajstić information content (AvgIpc) is 2.42. The Labute approximate surface area is 114 Å². The molecule has 0 aromatic rings. The van der Waals surface area contributed by atoms with Crippen molar-refractivity contribution in [3.8, 4) is 6.07 Å². The molecule has 1 saturated heterocycles. The molecule has 0 atom stereocenters. The number of nitrogens with one attached hydrogen (secondary N) is 1. The molecule has 0 spiro atoms. The van der Waals surface area contributed by atoms with Gasteiger partial charge in [0.05, 0.1) is 19.3 Å². The van der Waals surface area contributed by atoms with Gasteiger partial charge in [-0.15, -0.1) is 0 Å². The second kappa shape index (κ2) is 5.75. The molecule has 0 unspecified atom stereocenters. The molecule has 1 N–H and O–H groups in total. The first kappa shape index (κ1) is 14.7. The van der Waals surface area contributed by atoms with Gasteiger partial charge in [-0.25, -0.2) is 0 Å². The third kappa shape index (κ3) is 3.45. The molecule has 1 saturated carbocycles. The summed E-state index contributed by atoms with van der Waals surface area (Å²) >= 11 is 0. The Kier molecular flexibility index (Phi) is 4.46. The highest BCUT2D eigenvalue weighted by Gasteiger charge is 2.40. The van der Waals surface area contributed by atoms with Gasteiger partial charge in [-0.3, -0.25) is 0 Å². The first-order valence-corrected chi connectivity index (χ1v) is 8.19. The first-order valence-electron chi connectivity index (χ1n) is 6.75. The summed E-state index contributed by atoms with van der Waals surface area (Å²) < 4.78 is 33.8. The zero-order chi connectivity index (χ0) is 13.9. The molecule has 1 heterocycles. The van der Waals surface area contributed by atoms with Gasteiger partial charge in [0.1, 0.15) is 5.54 Å². The van der Waals surface area contributed by atoms with E-state index in [1.807, 2.05) is 0 Å². The van der Waals surface area contributed by atoms with Crippen LogP contribution in [-0.4, -0.2) is 44.6 Å². The predicted molar refractivity (Wildman–Crippen MR) is 70.4 cm³/mol. The van der Waals surface area contributed by atoms with Gasteiger partial charge in [0.15, 0.2) is 0 Å². The van der Waals surface area contributed by atoms with Crippen LogP contribution in [0.2, 0.25) is 0 Å². The highest BCUT2D eigenvalue weighted by Crippen LogP contribution is 2.32. The van der Waals surface area contributed by atoms with Crippen molar-refractivity contribution in [3.63, 3.8) is 0 Å². The lowest BCUT2D eigenvalue weighted by Gasteiger charge is -2.36. The Morgan fingerprint density at radius 3 is 2.42 bits per heavy atom. The zero-order valence-electron chi connectivity index (χ0n) is 11.3. The van der Waals surface area contributed by atoms with Crippen LogP contribution in [0, 0.1) is 17.2 Å². The van der Waals surface area contributed by atoms with Crippen LogP contribution in [0.4, 0.5) is 0 Å². The van der Waals surface area contributed by atoms with Crippen LogP contribution >= 0.6 is 0 Å². The number of hydrogen-bond acceptors (Lipinski definition) is 4. The van der Waals surface area contributed by atoms with Gasteiger partial charge in [0.25, 0.3) is 10.2 Å². The van der Waals surface area contributed by atoms with Crippen LogP contribution in [0.15, 0.2) is 0 Å². The fourth-order valence-electron chi connectivity index (χ4n) is 2.59. The van der Waals surface area contributed by atoms with Crippen molar-refractivity contribution in [3.05, 3.63) is 0 Å². The Morgan fingerprint density at radius 2 is 1.89 bits per heavy atom. The molecule has 2 aliphatic rings. The molecule has 0 amide bonds. The monoisotopic (exact) mass is 287 g/mol. The van der Waals surface area contributed by atoms with Crippen molar-refractivity contribution < 1.29 is 13.2 Å². The maximum absolute atomic E-state index is 12.3. The van der Waals surface area contributed by atoms with Crippen LogP contribution in [0.25, 0.3) is 0 Å². The molecule has 6 nitrogen and oxygen atoms in total. The Balaban J connectivity index is 2.07. The van der Waals surface area contributed by atoms with E-state index in [4.69, 9.17) is 4.74 Å². The third-order valence-corrected chi connectivity index (χ3v) is 5.67. The lowest BCUT2D eigenvalue weighted by Crippen LogP contribution is -2.56. The second-order valence-electron chi connectivity index (χ2n) is 5.49. The fraction of sp³-hybridized carbons (Fsp3) is 0.917. The van der Waals surface area contributed by atoms with Crippen LogP contribution < -0.4 is 4.72 Å². The van der Waals surface area contributed by atoms with Crippen LogP contribution in [0.1, 0.15) is 32.6 Å². The van der Waals surface area contributed by atoms with Crippen LogP contribution in [0.3, 0.4) is 0 Å². The van der Waals surface area contributed by atoms with Gasteiger partial charge in [0, 0.05) is 13.1 Å². The number of nitriles is 1. The largest absolute Gasteiger partial charge is 0.379 e. The van der Waals surface area contributed by atoms with E-state index >= 15 is 0 Å². The van der Waals surface area contributed by atoms with Crippen molar-refractivity contribution in [2.45, 2.75) is 38.1 Å². The van der Waals surface area contributed by atoms with Crippen molar-refractivity contribution >= 4 is 10.2 Å². The van der Waals surface area contributed by atoms with Crippen molar-refractivity contribution in [2.75, 3.05) is 26.3 Å². The predicted octanol–water partition coefficient (Wildman–Crippen LogP) is 0.625. The maximum atomic E-state index is 12.3. The smallest absolute Gasteiger partial charge is 0.280 e. The Hall–Kier alpha value is -0.680. The number of morpholine rings is 1. The number of ether oxygens (including phenoxy) is 1. The molecule has 2 fully saturated rings. The van der Waals surface area contributed by atoms with Gasteiger partial charge < -0.3 is 4.74 Å². The zero-order valence-corrected chi connectivity index (χ0v) is 12.1. The number of nitrogens with zero attached hydrogens (tertiary/aromatic N) is 2. The highest BCUT2D eigenvalue weighted by atomic mass is 32.2. The van der Waals surface area contributed by atoms with Crippen molar-refractivity contribution in [1.29, 1.82) is 5.26 Å². The van der Waals surface area contributed by atoms with Gasteiger partial charge in [0.2, 0.25) is 0 Å². The molecule has 108 valence electrons. The lowest BCUT2D eigenvalue weighted by molar-refractivity contribution is 0.0718. The summed E-state index contributed by atoms with van der Waals surface area (Å²) in [6.07, 6.45) is 2.96. The highest BCUT2D eigenvalue weighted by molar-refractivity contribution is 7.87. The van der Waals surface area contributed by atoms with Gasteiger partial charge in [-0.1, -0.05) is 6.92 Å². The quantitative estimate of drug-likeness (QED) is 0.825. The lowest BCUT2D eigenvalue weighted by atomic mass is 9.79. The maximum Gasteiger partial charge on any atom is 0.280 e. The summed E-state index contributed by atoms with van der Waals surface area (Å²) in [5.41, 5.74) is -0.927. The van der Waals surface area contributed by atoms with E-state index in [1.165, 1.54) is 4.31 Å². The molecule has 1 aliphatic carbocycles. The second-order valence-corrected chi connectivity index (χ2v) is 7.17. The van der Waals surface area contributed by atoms with Crippen LogP contribution in [0.5, 0.6) is 0 Å². The summed E-state index contributed by atoms with van der Waals surface area (Å²) in [4.78, 5) is 0. The topological polar surface area (TPSA) is 82.4 Å². The summed E-state index contributed by atoms with van der Waals surface area (Å²) in [5, 5.41) is 9.37. The molecule has 0 bridgehead atoms. The molecule has 7 heteroatoms. The van der Waals surface area contributed by atoms with Gasteiger partial charge in [-0.2, -0.15) is 22.7 Å². The molecule has 0 aromatic heterocycles. The minimum Gasteiger partial charge on any atom is -0.379 e. The molecule has 19 heavy (non-hydrogen) atoms. The van der Waals surface area contributed by atoms with E-state index in [2.05, 4.69) is 17.7 Å². The molecule has 0 radical (unpaired) electrons. The fourth-order valence-corrected chi connectivity index (χ4v) is 4.09. The average molecular weight is 287 g/mol. The normalized spacial score (nSPS) is 33.8. The summed E-state index contributed by atoms with van der Waals surface area (Å²) in [7, 11) is -3.59. The summed E-state index contributed by atoms with van der Waals surface area (Å²) in [6.45, 7) is 3.67. The van der Waals surface area contributed by atoms with E-state index in [0.29, 0.717) is 45.1 Å². The molecular weight excluding hydrogens is 266 g/mol. The Bertz CT molecular complexity index is 443. The molecule has 2 rings (SSSR count). The SMILES string of the molecule is CC1CCC(C#N)(NS(=O)(=O)N2CCOCC2)CC1. The van der Waals surface area contributed by atoms with Crippen LogP contribution in [-0.2, 0) is 14.9 Å². The first-order chi connectivity index (χ1) is 8.97. The molecule has 1 aliphatic heterocycles. The standard InChI is InChI=1S/C12H21N3O3S/c1-11-2-4-12(10-13,5-3-11)14-19(16,17)15-6-8-18-9-7-15/h11,14H,2-9H2,1H3. The van der Waals surface area contributed by atoms with E-state index in [1.54, 1.807) is 0 Å².